The van der Waals surface area contributed by atoms with Crippen molar-refractivity contribution in [3.63, 3.8) is 0 Å². The van der Waals surface area contributed by atoms with Crippen molar-refractivity contribution in [2.24, 2.45) is 35.0 Å². The van der Waals surface area contributed by atoms with Crippen LogP contribution in [0.4, 0.5) is 0 Å². The van der Waals surface area contributed by atoms with Gasteiger partial charge < -0.3 is 4.43 Å². The highest BCUT2D eigenvalue weighted by Gasteiger charge is 2.50. The first kappa shape index (κ1) is 30.9. The van der Waals surface area contributed by atoms with Crippen molar-refractivity contribution in [1.82, 2.24) is 0 Å². The number of fused-ring (bicyclic) bond motifs is 1. The van der Waals surface area contributed by atoms with Gasteiger partial charge in [0.1, 0.15) is 5.78 Å². The highest BCUT2D eigenvalue weighted by Crippen LogP contribution is 2.60. The summed E-state index contributed by atoms with van der Waals surface area (Å²) < 4.78 is 6.90. The number of rotatable bonds is 11. The third-order valence-electron chi connectivity index (χ3n) is 11.2. The Morgan fingerprint density at radius 2 is 1.68 bits per heavy atom. The van der Waals surface area contributed by atoms with Crippen molar-refractivity contribution in [1.29, 1.82) is 0 Å². The Morgan fingerprint density at radius 3 is 2.27 bits per heavy atom. The predicted molar refractivity (Wildman–Crippen MR) is 162 cm³/mol. The first-order chi connectivity index (χ1) is 17.4. The predicted octanol–water partition coefficient (Wildman–Crippen LogP) is 10.3. The minimum absolute atomic E-state index is 0.0169. The fourth-order valence-corrected chi connectivity index (χ4v) is 12.0. The lowest BCUT2D eigenvalue weighted by Gasteiger charge is -2.44. The number of ketones is 1. The van der Waals surface area contributed by atoms with Crippen LogP contribution in [0.15, 0.2) is 23.3 Å². The highest BCUT2D eigenvalue weighted by atomic mass is 28.4. The second-order valence-corrected chi connectivity index (χ2v) is 18.9. The van der Waals surface area contributed by atoms with Crippen molar-refractivity contribution >= 4 is 14.1 Å². The molecular formula is C34H60O2Si. The minimum atomic E-state index is -1.56. The molecule has 0 spiro atoms. The smallest absolute Gasteiger partial charge is 0.192 e. The van der Waals surface area contributed by atoms with Crippen molar-refractivity contribution < 1.29 is 9.22 Å². The van der Waals surface area contributed by atoms with Crippen LogP contribution in [0.1, 0.15) is 127 Å². The normalized spacial score (nSPS) is 33.1. The first-order valence-corrected chi connectivity index (χ1v) is 18.6. The fraction of sp³-hybridized carbons (Fsp3) is 0.853. The van der Waals surface area contributed by atoms with E-state index in [9.17, 15) is 4.79 Å². The van der Waals surface area contributed by atoms with Gasteiger partial charge in [0.2, 0.25) is 0 Å². The first-order valence-electron chi connectivity index (χ1n) is 16.0. The molecule has 0 heterocycles. The summed E-state index contributed by atoms with van der Waals surface area (Å²) in [5, 5.41) is 0. The lowest BCUT2D eigenvalue weighted by atomic mass is 9.60. The standard InChI is InChI=1S/C34H60O2Si/c1-10-37(11-2,12-3)36-33(7,8)21-13-15-25(4)30-19-20-31-29(16-14-22-34(30,31)9)18-17-28-23-26(5)32(35)27(6)24-28/h17-18,25-27,30-31H,10-16,19-24H2,1-9H3/b29-18+/t25-,26+,27+,30?,31?,34+/m0/s1. The summed E-state index contributed by atoms with van der Waals surface area (Å²) in [4.78, 5) is 12.3. The molecule has 3 saturated carbocycles. The van der Waals surface area contributed by atoms with Gasteiger partial charge in [-0.1, -0.05) is 84.6 Å². The quantitative estimate of drug-likeness (QED) is 0.249. The van der Waals surface area contributed by atoms with Gasteiger partial charge in [-0.25, -0.2) is 0 Å². The summed E-state index contributed by atoms with van der Waals surface area (Å²) in [6, 6.07) is 3.72. The van der Waals surface area contributed by atoms with E-state index in [1.165, 1.54) is 75.1 Å². The molecule has 3 fully saturated rings. The van der Waals surface area contributed by atoms with Gasteiger partial charge in [0, 0.05) is 11.8 Å². The van der Waals surface area contributed by atoms with Crippen LogP contribution in [0.5, 0.6) is 0 Å². The van der Waals surface area contributed by atoms with Crippen molar-refractivity contribution in [2.75, 3.05) is 0 Å². The molecule has 0 bridgehead atoms. The van der Waals surface area contributed by atoms with Gasteiger partial charge in [0.05, 0.1) is 5.60 Å². The lowest BCUT2D eigenvalue weighted by molar-refractivity contribution is -0.126. The van der Waals surface area contributed by atoms with Crippen LogP contribution < -0.4 is 0 Å². The topological polar surface area (TPSA) is 26.3 Å². The third kappa shape index (κ3) is 7.10. The molecule has 0 saturated heterocycles. The third-order valence-corrected chi connectivity index (χ3v) is 16.1. The van der Waals surface area contributed by atoms with Crippen LogP contribution in [0.25, 0.3) is 0 Å². The molecule has 3 rings (SSSR count). The molecule has 0 aromatic rings. The second kappa shape index (κ2) is 12.7. The van der Waals surface area contributed by atoms with Crippen LogP contribution in [0.3, 0.4) is 0 Å². The molecule has 2 unspecified atom stereocenters. The molecule has 2 nitrogen and oxygen atoms in total. The van der Waals surface area contributed by atoms with E-state index in [4.69, 9.17) is 4.43 Å². The number of carbonyl (C=O) groups is 1. The molecular weight excluding hydrogens is 468 g/mol. The zero-order valence-electron chi connectivity index (χ0n) is 26.1. The van der Waals surface area contributed by atoms with E-state index in [1.54, 1.807) is 5.57 Å². The summed E-state index contributed by atoms with van der Waals surface area (Å²) >= 11 is 0. The molecule has 0 radical (unpaired) electrons. The van der Waals surface area contributed by atoms with E-state index >= 15 is 0 Å². The average molecular weight is 529 g/mol. The summed E-state index contributed by atoms with van der Waals surface area (Å²) in [6.45, 7) is 21.1. The molecule has 37 heavy (non-hydrogen) atoms. The Labute approximate surface area is 231 Å². The molecule has 3 aliphatic carbocycles. The maximum atomic E-state index is 12.3. The van der Waals surface area contributed by atoms with Gasteiger partial charge in [0.15, 0.2) is 8.32 Å². The number of carbonyl (C=O) groups excluding carboxylic acids is 1. The zero-order chi connectivity index (χ0) is 27.4. The summed E-state index contributed by atoms with van der Waals surface area (Å²) in [5.41, 5.74) is 3.69. The van der Waals surface area contributed by atoms with Gasteiger partial charge in [-0.3, -0.25) is 4.79 Å². The minimum Gasteiger partial charge on any atom is -0.412 e. The van der Waals surface area contributed by atoms with Gasteiger partial charge in [-0.05, 0) is 107 Å². The van der Waals surface area contributed by atoms with Crippen LogP contribution in [-0.4, -0.2) is 19.7 Å². The molecule has 212 valence electrons. The Morgan fingerprint density at radius 1 is 1.05 bits per heavy atom. The number of hydrogen-bond donors (Lipinski definition) is 0. The Balaban J connectivity index is 1.60. The molecule has 0 aromatic heterocycles. The van der Waals surface area contributed by atoms with Crippen molar-refractivity contribution in [3.05, 3.63) is 23.3 Å². The Hall–Kier alpha value is -0.673. The maximum Gasteiger partial charge on any atom is 0.192 e. The summed E-state index contributed by atoms with van der Waals surface area (Å²) in [6.07, 6.45) is 17.5. The van der Waals surface area contributed by atoms with Crippen molar-refractivity contribution in [3.8, 4) is 0 Å². The molecule has 6 atom stereocenters. The SMILES string of the molecule is CC[Si](CC)(CC)OC(C)(C)CCC[C@H](C)C1CCC2/C(=C/C=C3C[C@@H](C)C(=O)[C@H](C)C3)CCC[C@@]21C. The van der Waals surface area contributed by atoms with Crippen LogP contribution in [0.2, 0.25) is 18.1 Å². The number of allylic oxidation sites excluding steroid dienone is 4. The zero-order valence-corrected chi connectivity index (χ0v) is 27.1. The lowest BCUT2D eigenvalue weighted by Crippen LogP contribution is -2.44. The summed E-state index contributed by atoms with van der Waals surface area (Å²) in [5.74, 6) is 3.25. The van der Waals surface area contributed by atoms with E-state index < -0.39 is 8.32 Å². The van der Waals surface area contributed by atoms with Crippen LogP contribution in [0, 0.1) is 35.0 Å². The largest absolute Gasteiger partial charge is 0.412 e. The van der Waals surface area contributed by atoms with E-state index in [0.717, 1.165) is 30.6 Å². The highest BCUT2D eigenvalue weighted by molar-refractivity contribution is 6.73. The van der Waals surface area contributed by atoms with Crippen LogP contribution in [-0.2, 0) is 9.22 Å². The van der Waals surface area contributed by atoms with E-state index in [2.05, 4.69) is 74.5 Å². The molecule has 0 amide bonds. The molecule has 0 aliphatic heterocycles. The Kier molecular flexibility index (Phi) is 10.6. The van der Waals surface area contributed by atoms with Crippen LogP contribution >= 0.6 is 0 Å². The molecule has 3 aliphatic rings. The second-order valence-electron chi connectivity index (χ2n) is 14.2. The molecule has 3 heteroatoms. The molecule has 0 N–H and O–H groups in total. The molecule has 0 aromatic carbocycles. The van der Waals surface area contributed by atoms with Gasteiger partial charge in [0.25, 0.3) is 0 Å². The fourth-order valence-electron chi connectivity index (χ4n) is 8.79. The number of Topliss-reactive ketones (excluding diaryl/α,β-unsaturated/α-hetero) is 1. The van der Waals surface area contributed by atoms with Crippen molar-refractivity contribution in [2.45, 2.75) is 150 Å². The maximum absolute atomic E-state index is 12.3. The van der Waals surface area contributed by atoms with E-state index in [0.29, 0.717) is 11.2 Å². The Bertz CT molecular complexity index is 810. The summed E-state index contributed by atoms with van der Waals surface area (Å²) in [7, 11) is -1.56. The average Bonchev–Trinajstić information content (AvgIpc) is 3.22. The monoisotopic (exact) mass is 528 g/mol. The van der Waals surface area contributed by atoms with Gasteiger partial charge >= 0.3 is 0 Å². The van der Waals surface area contributed by atoms with Gasteiger partial charge in [-0.15, -0.1) is 0 Å². The van der Waals surface area contributed by atoms with E-state index in [1.807, 2.05) is 0 Å². The van der Waals surface area contributed by atoms with Gasteiger partial charge in [-0.2, -0.15) is 0 Å². The van der Waals surface area contributed by atoms with E-state index in [-0.39, 0.29) is 17.4 Å². The number of hydrogen-bond acceptors (Lipinski definition) is 2.